The lowest BCUT2D eigenvalue weighted by Gasteiger charge is -2.22. The Morgan fingerprint density at radius 3 is 2.73 bits per heavy atom. The molecule has 4 rings (SSSR count). The summed E-state index contributed by atoms with van der Waals surface area (Å²) in [5.74, 6) is -0.0239. The zero-order valence-corrected chi connectivity index (χ0v) is 15.0. The van der Waals surface area contributed by atoms with Crippen molar-refractivity contribution in [2.75, 3.05) is 7.05 Å². The number of fused-ring (bicyclic) bond motifs is 1. The molecule has 1 aromatic carbocycles. The predicted molar refractivity (Wildman–Crippen MR) is 99.8 cm³/mol. The fraction of sp³-hybridized carbons (Fsp3) is 0.381. The zero-order valence-electron chi connectivity index (χ0n) is 15.0. The minimum absolute atomic E-state index is 0.0426. The molecule has 5 heteroatoms. The van der Waals surface area contributed by atoms with E-state index in [0.29, 0.717) is 12.1 Å². The molecular formula is C21H23N3O2. The van der Waals surface area contributed by atoms with Crippen LogP contribution in [0.5, 0.6) is 0 Å². The van der Waals surface area contributed by atoms with Crippen LogP contribution < -0.4 is 5.32 Å². The highest BCUT2D eigenvalue weighted by Gasteiger charge is 2.24. The van der Waals surface area contributed by atoms with E-state index in [1.807, 2.05) is 24.3 Å². The van der Waals surface area contributed by atoms with E-state index in [2.05, 4.69) is 10.3 Å². The van der Waals surface area contributed by atoms with Crippen molar-refractivity contribution in [1.82, 2.24) is 15.2 Å². The summed E-state index contributed by atoms with van der Waals surface area (Å²) in [6.07, 6.45) is 9.08. The molecule has 0 atom stereocenters. The van der Waals surface area contributed by atoms with Gasteiger partial charge in [-0.15, -0.1) is 0 Å². The van der Waals surface area contributed by atoms with Crippen LogP contribution in [-0.2, 0) is 6.54 Å². The van der Waals surface area contributed by atoms with E-state index < -0.39 is 0 Å². The molecular weight excluding hydrogens is 326 g/mol. The number of carbonyl (C=O) groups excluding carboxylic acids is 2. The van der Waals surface area contributed by atoms with Crippen LogP contribution in [-0.4, -0.2) is 34.8 Å². The first-order chi connectivity index (χ1) is 12.6. The molecule has 0 spiro atoms. The summed E-state index contributed by atoms with van der Waals surface area (Å²) in [5.41, 5.74) is 4.11. The van der Waals surface area contributed by atoms with Gasteiger partial charge in [-0.05, 0) is 36.1 Å². The summed E-state index contributed by atoms with van der Waals surface area (Å²) >= 11 is 0. The molecule has 1 aliphatic carbocycles. The summed E-state index contributed by atoms with van der Waals surface area (Å²) in [6.45, 7) is 0.649. The molecule has 1 fully saturated rings. The summed E-state index contributed by atoms with van der Waals surface area (Å²) in [4.78, 5) is 30.7. The Balaban J connectivity index is 1.56. The Bertz CT molecular complexity index is 856. The Hall–Kier alpha value is -2.69. The third kappa shape index (κ3) is 3.21. The molecule has 0 unspecified atom stereocenters. The molecule has 1 aliphatic heterocycles. The van der Waals surface area contributed by atoms with Gasteiger partial charge in [-0.2, -0.15) is 0 Å². The average Bonchev–Trinajstić information content (AvgIpc) is 2.96. The molecule has 26 heavy (non-hydrogen) atoms. The Kier molecular flexibility index (Phi) is 4.45. The van der Waals surface area contributed by atoms with E-state index in [1.54, 1.807) is 24.3 Å². The zero-order chi connectivity index (χ0) is 18.1. The summed E-state index contributed by atoms with van der Waals surface area (Å²) in [7, 11) is 1.81. The second kappa shape index (κ2) is 6.90. The van der Waals surface area contributed by atoms with E-state index in [4.69, 9.17) is 0 Å². The monoisotopic (exact) mass is 349 g/mol. The predicted octanol–water partition coefficient (Wildman–Crippen LogP) is 3.40. The minimum Gasteiger partial charge on any atom is -0.349 e. The number of carbonyl (C=O) groups is 2. The summed E-state index contributed by atoms with van der Waals surface area (Å²) < 4.78 is 0. The lowest BCUT2D eigenvalue weighted by atomic mass is 9.95. The van der Waals surface area contributed by atoms with Gasteiger partial charge in [-0.25, -0.2) is 0 Å². The van der Waals surface area contributed by atoms with Gasteiger partial charge in [0.05, 0.1) is 5.56 Å². The molecule has 2 heterocycles. The first-order valence-electron chi connectivity index (χ1n) is 9.26. The largest absolute Gasteiger partial charge is 0.349 e. The van der Waals surface area contributed by atoms with Gasteiger partial charge < -0.3 is 10.2 Å². The second-order valence-corrected chi connectivity index (χ2v) is 7.30. The van der Waals surface area contributed by atoms with Crippen LogP contribution in [0.4, 0.5) is 0 Å². The van der Waals surface area contributed by atoms with Crippen LogP contribution >= 0.6 is 0 Å². The molecule has 1 saturated carbocycles. The number of hydrogen-bond acceptors (Lipinski definition) is 3. The van der Waals surface area contributed by atoms with Crippen LogP contribution in [0, 0.1) is 0 Å². The molecule has 0 radical (unpaired) electrons. The first-order valence-corrected chi connectivity index (χ1v) is 9.26. The van der Waals surface area contributed by atoms with E-state index in [-0.39, 0.29) is 17.9 Å². The van der Waals surface area contributed by atoms with Crippen molar-refractivity contribution in [1.29, 1.82) is 0 Å². The van der Waals surface area contributed by atoms with Crippen molar-refractivity contribution < 1.29 is 9.59 Å². The van der Waals surface area contributed by atoms with Crippen molar-refractivity contribution in [3.8, 4) is 11.1 Å². The van der Waals surface area contributed by atoms with Gasteiger partial charge in [0.25, 0.3) is 11.8 Å². The number of hydrogen-bond donors (Lipinski definition) is 1. The SMILES string of the molecule is CN1Cc2ccc(-c3cncc(C(=O)NC4CCCCC4)c3)cc2C1=O. The maximum Gasteiger partial charge on any atom is 0.254 e. The number of amides is 2. The smallest absolute Gasteiger partial charge is 0.254 e. The van der Waals surface area contributed by atoms with E-state index in [0.717, 1.165) is 35.1 Å². The van der Waals surface area contributed by atoms with E-state index >= 15 is 0 Å². The van der Waals surface area contributed by atoms with Gasteiger partial charge in [0.1, 0.15) is 0 Å². The lowest BCUT2D eigenvalue weighted by Crippen LogP contribution is -2.36. The van der Waals surface area contributed by atoms with Crippen LogP contribution in [0.2, 0.25) is 0 Å². The third-order valence-corrected chi connectivity index (χ3v) is 5.37. The van der Waals surface area contributed by atoms with Crippen molar-refractivity contribution in [2.45, 2.75) is 44.7 Å². The highest BCUT2D eigenvalue weighted by atomic mass is 16.2. The maximum absolute atomic E-state index is 12.6. The third-order valence-electron chi connectivity index (χ3n) is 5.37. The molecule has 0 saturated heterocycles. The van der Waals surface area contributed by atoms with Gasteiger partial charge in [0.15, 0.2) is 0 Å². The van der Waals surface area contributed by atoms with Crippen molar-refractivity contribution in [2.24, 2.45) is 0 Å². The van der Waals surface area contributed by atoms with Gasteiger partial charge in [0, 0.05) is 43.2 Å². The highest BCUT2D eigenvalue weighted by Crippen LogP contribution is 2.28. The number of benzene rings is 1. The van der Waals surface area contributed by atoms with E-state index in [9.17, 15) is 9.59 Å². The van der Waals surface area contributed by atoms with Gasteiger partial charge >= 0.3 is 0 Å². The second-order valence-electron chi connectivity index (χ2n) is 7.30. The van der Waals surface area contributed by atoms with Crippen LogP contribution in [0.1, 0.15) is 58.4 Å². The Morgan fingerprint density at radius 2 is 1.92 bits per heavy atom. The molecule has 5 nitrogen and oxygen atoms in total. The molecule has 2 aliphatic rings. The number of pyridine rings is 1. The maximum atomic E-state index is 12.6. The first kappa shape index (κ1) is 16.8. The summed E-state index contributed by atoms with van der Waals surface area (Å²) in [6, 6.07) is 8.01. The Labute approximate surface area is 153 Å². The van der Waals surface area contributed by atoms with Gasteiger partial charge in [0.2, 0.25) is 0 Å². The lowest BCUT2D eigenvalue weighted by molar-refractivity contribution is 0.0816. The molecule has 1 N–H and O–H groups in total. The number of nitrogens with zero attached hydrogens (tertiary/aromatic N) is 2. The van der Waals surface area contributed by atoms with Crippen molar-refractivity contribution >= 4 is 11.8 Å². The fourth-order valence-electron chi connectivity index (χ4n) is 3.86. The average molecular weight is 349 g/mol. The van der Waals surface area contributed by atoms with Gasteiger partial charge in [-0.3, -0.25) is 14.6 Å². The van der Waals surface area contributed by atoms with Crippen LogP contribution in [0.25, 0.3) is 11.1 Å². The Morgan fingerprint density at radius 1 is 1.12 bits per heavy atom. The van der Waals surface area contributed by atoms with Crippen molar-refractivity contribution in [3.05, 3.63) is 53.3 Å². The number of nitrogens with one attached hydrogen (secondary N) is 1. The molecule has 2 amide bonds. The number of rotatable bonds is 3. The minimum atomic E-state index is -0.0665. The van der Waals surface area contributed by atoms with Crippen LogP contribution in [0.3, 0.4) is 0 Å². The molecule has 134 valence electrons. The topological polar surface area (TPSA) is 62.3 Å². The molecule has 1 aromatic heterocycles. The number of aromatic nitrogens is 1. The fourth-order valence-corrected chi connectivity index (χ4v) is 3.86. The highest BCUT2D eigenvalue weighted by molar-refractivity contribution is 5.99. The molecule has 2 aromatic rings. The normalized spacial score (nSPS) is 17.3. The molecule has 0 bridgehead atoms. The quantitative estimate of drug-likeness (QED) is 0.924. The van der Waals surface area contributed by atoms with Gasteiger partial charge in [-0.1, -0.05) is 31.4 Å². The van der Waals surface area contributed by atoms with E-state index in [1.165, 1.54) is 19.3 Å². The standard InChI is InChI=1S/C21H23N3O2/c1-24-13-15-8-7-14(10-19(15)21(24)26)16-9-17(12-22-11-16)20(25)23-18-5-3-2-4-6-18/h7-12,18H,2-6,13H2,1H3,(H,23,25). The van der Waals surface area contributed by atoms with Crippen molar-refractivity contribution in [3.63, 3.8) is 0 Å². The van der Waals surface area contributed by atoms with Crippen LogP contribution in [0.15, 0.2) is 36.7 Å². The summed E-state index contributed by atoms with van der Waals surface area (Å²) in [5, 5.41) is 3.13.